The molecule has 2 N–H and O–H groups in total. The van der Waals surface area contributed by atoms with Crippen LogP contribution in [-0.4, -0.2) is 37.7 Å². The zero-order chi connectivity index (χ0) is 11.7. The van der Waals surface area contributed by atoms with Crippen LogP contribution in [0.1, 0.15) is 34.1 Å². The molecular formula is C11H24N2O2. The highest BCUT2D eigenvalue weighted by Gasteiger charge is 2.11. The van der Waals surface area contributed by atoms with Crippen molar-refractivity contribution in [3.8, 4) is 0 Å². The fraction of sp³-hybridized carbons (Fsp3) is 0.909. The van der Waals surface area contributed by atoms with Crippen LogP contribution < -0.4 is 10.6 Å². The molecular weight excluding hydrogens is 192 g/mol. The number of hydrogen-bond acceptors (Lipinski definition) is 3. The summed E-state index contributed by atoms with van der Waals surface area (Å²) in [6.07, 6.45) is 0.596. The Bertz CT molecular complexity index is 172. The number of hydrogen-bond donors (Lipinski definition) is 2. The molecule has 0 heterocycles. The molecule has 0 fully saturated rings. The Hall–Kier alpha value is -0.610. The average Bonchev–Trinajstić information content (AvgIpc) is 2.20. The van der Waals surface area contributed by atoms with Crippen LogP contribution in [0.2, 0.25) is 0 Å². The molecule has 15 heavy (non-hydrogen) atoms. The Kier molecular flexibility index (Phi) is 8.33. The van der Waals surface area contributed by atoms with Gasteiger partial charge in [-0.05, 0) is 13.3 Å². The van der Waals surface area contributed by atoms with Crippen molar-refractivity contribution in [2.24, 2.45) is 0 Å². The predicted octanol–water partition coefficient (Wildman–Crippen LogP) is 0.916. The van der Waals surface area contributed by atoms with Crippen molar-refractivity contribution >= 4 is 5.91 Å². The van der Waals surface area contributed by atoms with E-state index in [4.69, 9.17) is 4.74 Å². The highest BCUT2D eigenvalue weighted by molar-refractivity contribution is 5.80. The molecule has 0 bridgehead atoms. The fourth-order valence-electron chi connectivity index (χ4n) is 1.05. The first kappa shape index (κ1) is 14.4. The summed E-state index contributed by atoms with van der Waals surface area (Å²) < 4.78 is 5.38. The van der Waals surface area contributed by atoms with E-state index in [9.17, 15) is 4.79 Å². The van der Waals surface area contributed by atoms with E-state index in [1.54, 1.807) is 6.92 Å². The second-order valence-corrected chi connectivity index (χ2v) is 3.91. The van der Waals surface area contributed by atoms with Crippen molar-refractivity contribution in [3.05, 3.63) is 0 Å². The third kappa shape index (κ3) is 8.39. The van der Waals surface area contributed by atoms with Gasteiger partial charge in [0.2, 0.25) is 5.91 Å². The summed E-state index contributed by atoms with van der Waals surface area (Å²) in [6.45, 7) is 10.0. The van der Waals surface area contributed by atoms with Gasteiger partial charge in [0.05, 0.1) is 6.61 Å². The lowest BCUT2D eigenvalue weighted by atomic mass is 10.3. The van der Waals surface area contributed by atoms with Crippen molar-refractivity contribution in [1.29, 1.82) is 0 Å². The van der Waals surface area contributed by atoms with E-state index < -0.39 is 0 Å². The zero-order valence-corrected chi connectivity index (χ0v) is 10.3. The first-order valence-corrected chi connectivity index (χ1v) is 5.70. The summed E-state index contributed by atoms with van der Waals surface area (Å²) in [5, 5.41) is 6.02. The van der Waals surface area contributed by atoms with Gasteiger partial charge in [-0.15, -0.1) is 0 Å². The molecule has 0 aliphatic rings. The SMILES string of the molecule is CCCNC(=O)C(C)OCCNC(C)C. The smallest absolute Gasteiger partial charge is 0.248 e. The minimum absolute atomic E-state index is 0.0265. The van der Waals surface area contributed by atoms with Gasteiger partial charge >= 0.3 is 0 Å². The monoisotopic (exact) mass is 216 g/mol. The topological polar surface area (TPSA) is 50.4 Å². The van der Waals surface area contributed by atoms with E-state index in [0.29, 0.717) is 12.6 Å². The van der Waals surface area contributed by atoms with Crippen LogP contribution in [0, 0.1) is 0 Å². The van der Waals surface area contributed by atoms with E-state index >= 15 is 0 Å². The van der Waals surface area contributed by atoms with Gasteiger partial charge in [0.1, 0.15) is 6.10 Å². The molecule has 0 saturated carbocycles. The molecule has 1 atom stereocenters. The lowest BCUT2D eigenvalue weighted by Gasteiger charge is -2.14. The molecule has 0 radical (unpaired) electrons. The molecule has 4 heteroatoms. The maximum atomic E-state index is 11.4. The molecule has 0 aromatic carbocycles. The number of rotatable bonds is 8. The second kappa shape index (κ2) is 8.68. The summed E-state index contributed by atoms with van der Waals surface area (Å²) in [5.41, 5.74) is 0. The zero-order valence-electron chi connectivity index (χ0n) is 10.3. The molecule has 0 rings (SSSR count). The Morgan fingerprint density at radius 1 is 1.27 bits per heavy atom. The lowest BCUT2D eigenvalue weighted by Crippen LogP contribution is -2.36. The number of carbonyl (C=O) groups is 1. The minimum atomic E-state index is -0.356. The van der Waals surface area contributed by atoms with E-state index in [1.165, 1.54) is 0 Å². The molecule has 90 valence electrons. The first-order valence-electron chi connectivity index (χ1n) is 5.70. The van der Waals surface area contributed by atoms with Gasteiger partial charge in [-0.1, -0.05) is 20.8 Å². The summed E-state index contributed by atoms with van der Waals surface area (Å²) >= 11 is 0. The third-order valence-corrected chi connectivity index (χ3v) is 1.94. The third-order valence-electron chi connectivity index (χ3n) is 1.94. The Morgan fingerprint density at radius 3 is 2.47 bits per heavy atom. The summed E-state index contributed by atoms with van der Waals surface area (Å²) in [5.74, 6) is -0.0265. The largest absolute Gasteiger partial charge is 0.367 e. The van der Waals surface area contributed by atoms with E-state index in [-0.39, 0.29) is 12.0 Å². The van der Waals surface area contributed by atoms with Crippen LogP contribution in [0.25, 0.3) is 0 Å². The molecule has 0 aliphatic heterocycles. The van der Waals surface area contributed by atoms with Gasteiger partial charge in [-0.25, -0.2) is 0 Å². The van der Waals surface area contributed by atoms with Crippen LogP contribution in [0.15, 0.2) is 0 Å². The van der Waals surface area contributed by atoms with Gasteiger partial charge in [-0.3, -0.25) is 4.79 Å². The molecule has 0 saturated heterocycles. The Labute approximate surface area is 92.8 Å². The lowest BCUT2D eigenvalue weighted by molar-refractivity contribution is -0.131. The van der Waals surface area contributed by atoms with Gasteiger partial charge in [0.15, 0.2) is 0 Å². The molecule has 1 unspecified atom stereocenters. The molecule has 0 aliphatic carbocycles. The van der Waals surface area contributed by atoms with Crippen molar-refractivity contribution in [2.45, 2.75) is 46.3 Å². The summed E-state index contributed by atoms with van der Waals surface area (Å²) in [4.78, 5) is 11.4. The summed E-state index contributed by atoms with van der Waals surface area (Å²) in [7, 11) is 0. The van der Waals surface area contributed by atoms with Crippen molar-refractivity contribution in [3.63, 3.8) is 0 Å². The second-order valence-electron chi connectivity index (χ2n) is 3.91. The highest BCUT2D eigenvalue weighted by Crippen LogP contribution is 1.90. The fourth-order valence-corrected chi connectivity index (χ4v) is 1.05. The normalized spacial score (nSPS) is 12.9. The molecule has 0 aromatic rings. The van der Waals surface area contributed by atoms with Crippen LogP contribution in [0.5, 0.6) is 0 Å². The van der Waals surface area contributed by atoms with Crippen LogP contribution in [0.3, 0.4) is 0 Å². The first-order chi connectivity index (χ1) is 7.07. The highest BCUT2D eigenvalue weighted by atomic mass is 16.5. The standard InChI is InChI=1S/C11H24N2O2/c1-5-6-13-11(14)10(4)15-8-7-12-9(2)3/h9-10,12H,5-8H2,1-4H3,(H,13,14). The Balaban J connectivity index is 3.46. The minimum Gasteiger partial charge on any atom is -0.367 e. The molecule has 1 amide bonds. The summed E-state index contributed by atoms with van der Waals surface area (Å²) in [6, 6.07) is 0.456. The maximum Gasteiger partial charge on any atom is 0.248 e. The van der Waals surface area contributed by atoms with E-state index in [1.807, 2.05) is 6.92 Å². The number of ether oxygens (including phenoxy) is 1. The quantitative estimate of drug-likeness (QED) is 0.593. The Morgan fingerprint density at radius 2 is 1.93 bits per heavy atom. The van der Waals surface area contributed by atoms with Crippen LogP contribution >= 0.6 is 0 Å². The van der Waals surface area contributed by atoms with Crippen molar-refractivity contribution in [2.75, 3.05) is 19.7 Å². The molecule has 0 spiro atoms. The van der Waals surface area contributed by atoms with Gasteiger partial charge in [0, 0.05) is 19.1 Å². The molecule has 0 aromatic heterocycles. The molecule has 4 nitrogen and oxygen atoms in total. The van der Waals surface area contributed by atoms with E-state index in [0.717, 1.165) is 19.5 Å². The van der Waals surface area contributed by atoms with Crippen LogP contribution in [0.4, 0.5) is 0 Å². The van der Waals surface area contributed by atoms with Crippen molar-refractivity contribution in [1.82, 2.24) is 10.6 Å². The number of amides is 1. The van der Waals surface area contributed by atoms with Gasteiger partial charge < -0.3 is 15.4 Å². The van der Waals surface area contributed by atoms with Gasteiger partial charge in [-0.2, -0.15) is 0 Å². The van der Waals surface area contributed by atoms with Crippen LogP contribution in [-0.2, 0) is 9.53 Å². The van der Waals surface area contributed by atoms with E-state index in [2.05, 4.69) is 24.5 Å². The predicted molar refractivity (Wildman–Crippen MR) is 61.9 cm³/mol. The number of nitrogens with one attached hydrogen (secondary N) is 2. The average molecular weight is 216 g/mol. The maximum absolute atomic E-state index is 11.4. The van der Waals surface area contributed by atoms with Crippen molar-refractivity contribution < 1.29 is 9.53 Å². The van der Waals surface area contributed by atoms with Gasteiger partial charge in [0.25, 0.3) is 0 Å². The number of carbonyl (C=O) groups excluding carboxylic acids is 1.